The highest BCUT2D eigenvalue weighted by Gasteiger charge is 2.51. The molecule has 0 bridgehead atoms. The minimum atomic E-state index is -2.23. The van der Waals surface area contributed by atoms with Crippen LogP contribution in [0.25, 0.3) is 0 Å². The molecule has 0 radical (unpaired) electrons. The first-order valence-corrected chi connectivity index (χ1v) is 8.00. The number of aromatic nitrogens is 1. The van der Waals surface area contributed by atoms with E-state index in [0.29, 0.717) is 11.8 Å². The molecule has 1 saturated heterocycles. The average molecular weight is 361 g/mol. The molecule has 0 unspecified atom stereocenters. The first-order chi connectivity index (χ1) is 12.3. The van der Waals surface area contributed by atoms with E-state index in [0.717, 1.165) is 17.8 Å². The maximum absolute atomic E-state index is 13.2. The minimum Gasteiger partial charge on any atom is -0.372 e. The van der Waals surface area contributed by atoms with Crippen LogP contribution in [0.5, 0.6) is 0 Å². The van der Waals surface area contributed by atoms with Crippen molar-refractivity contribution in [3.05, 3.63) is 59.4 Å². The molecule has 136 valence electrons. The zero-order valence-electron chi connectivity index (χ0n) is 14.0. The molecule has 2 heterocycles. The molecule has 1 aromatic carbocycles. The van der Waals surface area contributed by atoms with Gasteiger partial charge in [-0.15, -0.1) is 0 Å². The number of halogens is 2. The largest absolute Gasteiger partial charge is 0.372 e. The fourth-order valence-electron chi connectivity index (χ4n) is 2.82. The number of hydrogen-bond donors (Lipinski definition) is 2. The van der Waals surface area contributed by atoms with Crippen molar-refractivity contribution in [3.63, 3.8) is 0 Å². The maximum atomic E-state index is 13.2. The summed E-state index contributed by atoms with van der Waals surface area (Å²) in [5.41, 5.74) is -0.784. The second-order valence-electron chi connectivity index (χ2n) is 6.19. The summed E-state index contributed by atoms with van der Waals surface area (Å²) in [4.78, 5) is 30.3. The molecule has 26 heavy (non-hydrogen) atoms. The second-order valence-corrected chi connectivity index (χ2v) is 6.19. The third kappa shape index (κ3) is 3.41. The molecule has 1 aliphatic heterocycles. The Morgan fingerprint density at radius 2 is 2.00 bits per heavy atom. The van der Waals surface area contributed by atoms with E-state index in [2.05, 4.69) is 10.3 Å². The van der Waals surface area contributed by atoms with E-state index in [9.17, 15) is 23.5 Å². The van der Waals surface area contributed by atoms with Gasteiger partial charge in [0, 0.05) is 31.3 Å². The van der Waals surface area contributed by atoms with Crippen LogP contribution < -0.4 is 10.2 Å². The first-order valence-electron chi connectivity index (χ1n) is 8.00. The fraction of sp³-hybridized carbons (Fsp3) is 0.278. The molecule has 1 fully saturated rings. The molecular formula is C18H17F2N3O3. The van der Waals surface area contributed by atoms with Gasteiger partial charge in [0.2, 0.25) is 5.60 Å². The molecule has 2 amide bonds. The summed E-state index contributed by atoms with van der Waals surface area (Å²) in [5.74, 6) is -3.22. The van der Waals surface area contributed by atoms with Gasteiger partial charge in [-0.05, 0) is 36.8 Å². The van der Waals surface area contributed by atoms with E-state index >= 15 is 0 Å². The number of pyridine rings is 1. The van der Waals surface area contributed by atoms with Crippen LogP contribution in [0.2, 0.25) is 0 Å². The highest BCUT2D eigenvalue weighted by Crippen LogP contribution is 2.28. The molecule has 1 atom stereocenters. The normalized spacial score (nSPS) is 19.7. The minimum absolute atomic E-state index is 0.0942. The number of nitrogens with zero attached hydrogens (tertiary/aromatic N) is 2. The number of aryl methyl sites for hydroxylation is 1. The van der Waals surface area contributed by atoms with Gasteiger partial charge in [-0.2, -0.15) is 0 Å². The van der Waals surface area contributed by atoms with Crippen molar-refractivity contribution in [2.75, 3.05) is 11.4 Å². The Hall–Kier alpha value is -2.87. The fourth-order valence-corrected chi connectivity index (χ4v) is 2.82. The van der Waals surface area contributed by atoms with E-state index < -0.39 is 29.0 Å². The third-order valence-corrected chi connectivity index (χ3v) is 4.25. The molecule has 1 aliphatic rings. The van der Waals surface area contributed by atoms with Crippen LogP contribution in [0, 0.1) is 18.6 Å². The van der Waals surface area contributed by atoms with E-state index in [1.807, 2.05) is 0 Å². The van der Waals surface area contributed by atoms with Crippen LogP contribution in [0.1, 0.15) is 17.7 Å². The lowest BCUT2D eigenvalue weighted by atomic mass is 10.0. The van der Waals surface area contributed by atoms with Crippen molar-refractivity contribution in [2.45, 2.75) is 25.5 Å². The zero-order valence-corrected chi connectivity index (χ0v) is 14.0. The molecule has 6 nitrogen and oxygen atoms in total. The van der Waals surface area contributed by atoms with Gasteiger partial charge in [0.15, 0.2) is 0 Å². The van der Waals surface area contributed by atoms with E-state index in [1.165, 1.54) is 11.1 Å². The van der Waals surface area contributed by atoms with Crippen molar-refractivity contribution < 1.29 is 23.5 Å². The van der Waals surface area contributed by atoms with Crippen LogP contribution in [0.3, 0.4) is 0 Å². The molecular weight excluding hydrogens is 344 g/mol. The topological polar surface area (TPSA) is 82.5 Å². The van der Waals surface area contributed by atoms with Crippen LogP contribution in [0.15, 0.2) is 36.5 Å². The van der Waals surface area contributed by atoms with Crippen LogP contribution in [-0.4, -0.2) is 34.1 Å². The van der Waals surface area contributed by atoms with E-state index in [4.69, 9.17) is 0 Å². The number of aliphatic hydroxyl groups is 1. The Bertz CT molecular complexity index is 837. The summed E-state index contributed by atoms with van der Waals surface area (Å²) in [5, 5.41) is 12.9. The van der Waals surface area contributed by atoms with Gasteiger partial charge in [-0.3, -0.25) is 14.6 Å². The molecule has 3 rings (SSSR count). The number of carbonyl (C=O) groups excluding carboxylic acids is 2. The Kier molecular flexibility index (Phi) is 4.69. The predicted molar refractivity (Wildman–Crippen MR) is 89.1 cm³/mol. The lowest BCUT2D eigenvalue weighted by Gasteiger charge is -2.21. The summed E-state index contributed by atoms with van der Waals surface area (Å²) in [6, 6.07) is 6.24. The quantitative estimate of drug-likeness (QED) is 0.808. The molecule has 0 saturated carbocycles. The maximum Gasteiger partial charge on any atom is 0.268 e. The standard InChI is InChI=1S/C18H17F2N3O3/c1-11-2-3-15(10-21-11)23-5-4-18(26,17(23)25)16(24)22-9-12-6-13(19)8-14(20)7-12/h2-3,6-8,10,26H,4-5,9H2,1H3,(H,22,24)/t18-/m0/s1. The number of amides is 2. The molecule has 8 heteroatoms. The SMILES string of the molecule is Cc1ccc(N2CC[C@](O)(C(=O)NCc3cc(F)cc(F)c3)C2=O)cn1. The van der Waals surface area contributed by atoms with Crippen molar-refractivity contribution in [3.8, 4) is 0 Å². The van der Waals surface area contributed by atoms with Crippen molar-refractivity contribution in [1.82, 2.24) is 10.3 Å². The summed E-state index contributed by atoms with van der Waals surface area (Å²) in [6.07, 6.45) is 1.40. The smallest absolute Gasteiger partial charge is 0.268 e. The lowest BCUT2D eigenvalue weighted by molar-refractivity contribution is -0.149. The van der Waals surface area contributed by atoms with Gasteiger partial charge in [0.25, 0.3) is 11.8 Å². The van der Waals surface area contributed by atoms with Gasteiger partial charge < -0.3 is 15.3 Å². The number of hydrogen-bond acceptors (Lipinski definition) is 4. The number of benzene rings is 1. The summed E-state index contributed by atoms with van der Waals surface area (Å²) in [7, 11) is 0. The number of rotatable bonds is 4. The Morgan fingerprint density at radius 3 is 2.62 bits per heavy atom. The number of anilines is 1. The zero-order chi connectivity index (χ0) is 18.9. The number of nitrogens with one attached hydrogen (secondary N) is 1. The molecule has 2 N–H and O–H groups in total. The summed E-state index contributed by atoms with van der Waals surface area (Å²) >= 11 is 0. The monoisotopic (exact) mass is 361 g/mol. The Balaban J connectivity index is 1.70. The third-order valence-electron chi connectivity index (χ3n) is 4.25. The van der Waals surface area contributed by atoms with E-state index in [1.54, 1.807) is 19.1 Å². The van der Waals surface area contributed by atoms with Crippen LogP contribution in [-0.2, 0) is 16.1 Å². The lowest BCUT2D eigenvalue weighted by Crippen LogP contribution is -2.52. The Morgan fingerprint density at radius 1 is 1.31 bits per heavy atom. The van der Waals surface area contributed by atoms with Crippen molar-refractivity contribution in [1.29, 1.82) is 0 Å². The van der Waals surface area contributed by atoms with Crippen LogP contribution >= 0.6 is 0 Å². The molecule has 0 aliphatic carbocycles. The van der Waals surface area contributed by atoms with E-state index in [-0.39, 0.29) is 25.1 Å². The van der Waals surface area contributed by atoms with Gasteiger partial charge >= 0.3 is 0 Å². The second kappa shape index (κ2) is 6.80. The van der Waals surface area contributed by atoms with Gasteiger partial charge in [-0.25, -0.2) is 8.78 Å². The van der Waals surface area contributed by atoms with Crippen molar-refractivity contribution in [2.24, 2.45) is 0 Å². The highest BCUT2D eigenvalue weighted by atomic mass is 19.1. The van der Waals surface area contributed by atoms with Gasteiger partial charge in [0.1, 0.15) is 11.6 Å². The predicted octanol–water partition coefficient (Wildman–Crippen LogP) is 1.45. The van der Waals surface area contributed by atoms with Gasteiger partial charge in [-0.1, -0.05) is 0 Å². The average Bonchev–Trinajstić information content (AvgIpc) is 2.89. The first kappa shape index (κ1) is 17.9. The highest BCUT2D eigenvalue weighted by molar-refractivity contribution is 6.16. The molecule has 2 aromatic rings. The number of carbonyl (C=O) groups is 2. The molecule has 0 spiro atoms. The van der Waals surface area contributed by atoms with Crippen LogP contribution in [0.4, 0.5) is 14.5 Å². The Labute approximate surface area is 148 Å². The van der Waals surface area contributed by atoms with Gasteiger partial charge in [0.05, 0.1) is 11.9 Å². The summed E-state index contributed by atoms with van der Waals surface area (Å²) in [6.45, 7) is 1.74. The molecule has 1 aromatic heterocycles. The summed E-state index contributed by atoms with van der Waals surface area (Å²) < 4.78 is 26.4. The van der Waals surface area contributed by atoms with Crippen molar-refractivity contribution >= 4 is 17.5 Å².